The Morgan fingerprint density at radius 1 is 1.24 bits per heavy atom. The molecule has 1 aromatic heterocycles. The van der Waals surface area contributed by atoms with Gasteiger partial charge in [0.2, 0.25) is 0 Å². The summed E-state index contributed by atoms with van der Waals surface area (Å²) in [5.41, 5.74) is 0. The summed E-state index contributed by atoms with van der Waals surface area (Å²) in [6, 6.07) is 7.86. The van der Waals surface area contributed by atoms with Crippen molar-refractivity contribution >= 4 is 23.4 Å². The first-order valence-corrected chi connectivity index (χ1v) is 6.69. The van der Waals surface area contributed by atoms with E-state index in [0.29, 0.717) is 5.92 Å². The quantitative estimate of drug-likeness (QED) is 0.788. The molecule has 0 aliphatic carbocycles. The molecule has 5 heteroatoms. The maximum Gasteiger partial charge on any atom is 0.137 e. The van der Waals surface area contributed by atoms with Crippen molar-refractivity contribution in [2.24, 2.45) is 5.92 Å². The monoisotopic (exact) mass is 267 g/mol. The second kappa shape index (κ2) is 5.56. The second-order valence-corrected chi connectivity index (χ2v) is 5.71. The Kier molecular flexibility index (Phi) is 4.07. The molecular formula is C12H14ClN3S. The average Bonchev–Trinajstić information content (AvgIpc) is 2.81. The number of nitrogens with zero attached hydrogens (tertiary/aromatic N) is 3. The van der Waals surface area contributed by atoms with E-state index in [2.05, 4.69) is 23.9 Å². The molecule has 90 valence electrons. The van der Waals surface area contributed by atoms with E-state index in [4.69, 9.17) is 11.6 Å². The highest BCUT2D eigenvalue weighted by atomic mass is 35.5. The van der Waals surface area contributed by atoms with Crippen molar-refractivity contribution in [3.8, 4) is 0 Å². The predicted molar refractivity (Wildman–Crippen MR) is 71.2 cm³/mol. The lowest BCUT2D eigenvalue weighted by Gasteiger charge is -2.20. The van der Waals surface area contributed by atoms with Crippen molar-refractivity contribution < 1.29 is 0 Å². The van der Waals surface area contributed by atoms with Crippen LogP contribution in [0.2, 0.25) is 5.02 Å². The van der Waals surface area contributed by atoms with E-state index >= 15 is 0 Å². The molecule has 0 amide bonds. The molecule has 2 aromatic rings. The number of rotatable bonds is 4. The largest absolute Gasteiger partial charge is 0.239 e. The van der Waals surface area contributed by atoms with E-state index < -0.39 is 0 Å². The van der Waals surface area contributed by atoms with Crippen LogP contribution in [0.25, 0.3) is 0 Å². The highest BCUT2D eigenvalue weighted by molar-refractivity contribution is 7.99. The fraction of sp³-hybridized carbons (Fsp3) is 0.333. The number of hydrogen-bond donors (Lipinski definition) is 0. The lowest BCUT2D eigenvalue weighted by Crippen LogP contribution is -2.12. The Hall–Kier alpha value is -1.00. The zero-order chi connectivity index (χ0) is 12.3. The van der Waals surface area contributed by atoms with Crippen molar-refractivity contribution in [1.82, 2.24) is 14.8 Å². The van der Waals surface area contributed by atoms with Gasteiger partial charge in [-0.25, -0.2) is 9.67 Å². The van der Waals surface area contributed by atoms with Gasteiger partial charge in [-0.2, -0.15) is 5.10 Å². The first-order valence-electron chi connectivity index (χ1n) is 5.43. The molecule has 0 aliphatic heterocycles. The first-order chi connectivity index (χ1) is 8.16. The molecule has 0 aliphatic rings. The molecule has 17 heavy (non-hydrogen) atoms. The molecule has 0 bridgehead atoms. The highest BCUT2D eigenvalue weighted by Crippen LogP contribution is 2.36. The van der Waals surface area contributed by atoms with Crippen LogP contribution in [0.3, 0.4) is 0 Å². The van der Waals surface area contributed by atoms with Crippen molar-refractivity contribution in [2.45, 2.75) is 24.1 Å². The maximum atomic E-state index is 5.87. The van der Waals surface area contributed by atoms with Gasteiger partial charge in [-0.3, -0.25) is 0 Å². The van der Waals surface area contributed by atoms with E-state index in [1.807, 2.05) is 28.9 Å². The van der Waals surface area contributed by atoms with Gasteiger partial charge in [0.05, 0.1) is 0 Å². The van der Waals surface area contributed by atoms with Crippen LogP contribution in [0.4, 0.5) is 0 Å². The topological polar surface area (TPSA) is 30.7 Å². The summed E-state index contributed by atoms with van der Waals surface area (Å²) in [4.78, 5) is 5.18. The van der Waals surface area contributed by atoms with Gasteiger partial charge in [0.25, 0.3) is 0 Å². The van der Waals surface area contributed by atoms with Crippen LogP contribution in [-0.4, -0.2) is 14.8 Å². The smallest absolute Gasteiger partial charge is 0.137 e. The average molecular weight is 268 g/mol. The first kappa shape index (κ1) is 12.5. The van der Waals surface area contributed by atoms with Crippen LogP contribution < -0.4 is 0 Å². The normalized spacial score (nSPS) is 12.9. The van der Waals surface area contributed by atoms with Crippen LogP contribution in [-0.2, 0) is 0 Å². The minimum atomic E-state index is 0.249. The predicted octanol–water partition coefficient (Wildman–Crippen LogP) is 3.88. The third-order valence-electron chi connectivity index (χ3n) is 2.34. The van der Waals surface area contributed by atoms with Crippen molar-refractivity contribution in [2.75, 3.05) is 0 Å². The zero-order valence-electron chi connectivity index (χ0n) is 9.75. The fourth-order valence-corrected chi connectivity index (χ4v) is 2.68. The van der Waals surface area contributed by atoms with Crippen LogP contribution in [0.1, 0.15) is 19.2 Å². The van der Waals surface area contributed by atoms with E-state index in [1.54, 1.807) is 24.4 Å². The van der Waals surface area contributed by atoms with Gasteiger partial charge in [-0.1, -0.05) is 37.2 Å². The number of hydrogen-bond acceptors (Lipinski definition) is 3. The molecule has 1 heterocycles. The minimum Gasteiger partial charge on any atom is -0.239 e. The number of benzene rings is 1. The summed E-state index contributed by atoms with van der Waals surface area (Å²) in [5.74, 6) is 0.470. The molecule has 1 unspecified atom stereocenters. The molecular weight excluding hydrogens is 254 g/mol. The lowest BCUT2D eigenvalue weighted by atomic mass is 10.2. The molecule has 3 nitrogen and oxygen atoms in total. The number of thioether (sulfide) groups is 1. The summed E-state index contributed by atoms with van der Waals surface area (Å²) < 4.78 is 1.89. The lowest BCUT2D eigenvalue weighted by molar-refractivity contribution is 0.467. The zero-order valence-corrected chi connectivity index (χ0v) is 11.3. The summed E-state index contributed by atoms with van der Waals surface area (Å²) in [6.45, 7) is 4.35. The van der Waals surface area contributed by atoms with Crippen LogP contribution in [0.15, 0.2) is 41.8 Å². The maximum absolute atomic E-state index is 5.87. The Morgan fingerprint density at radius 3 is 2.47 bits per heavy atom. The molecule has 0 saturated carbocycles. The molecule has 0 N–H and O–H groups in total. The summed E-state index contributed by atoms with van der Waals surface area (Å²) in [7, 11) is 0. The minimum absolute atomic E-state index is 0.249. The standard InChI is InChI=1S/C12H14ClN3S/c1-9(2)12(16-8-14-7-15-16)17-11-5-3-10(13)4-6-11/h3-9,12H,1-2H3. The number of aromatic nitrogens is 3. The van der Waals surface area contributed by atoms with Gasteiger partial charge in [0, 0.05) is 9.92 Å². The summed E-state index contributed by atoms with van der Waals surface area (Å²) in [5, 5.41) is 5.22. The fourth-order valence-electron chi connectivity index (χ4n) is 1.50. The van der Waals surface area contributed by atoms with Crippen molar-refractivity contribution in [3.05, 3.63) is 41.9 Å². The number of halogens is 1. The molecule has 0 spiro atoms. The van der Waals surface area contributed by atoms with E-state index in [-0.39, 0.29) is 5.37 Å². The van der Waals surface area contributed by atoms with Crippen LogP contribution >= 0.6 is 23.4 Å². The van der Waals surface area contributed by atoms with Gasteiger partial charge in [0.15, 0.2) is 0 Å². The third-order valence-corrected chi connectivity index (χ3v) is 4.14. The highest BCUT2D eigenvalue weighted by Gasteiger charge is 2.17. The van der Waals surface area contributed by atoms with Gasteiger partial charge in [0.1, 0.15) is 18.0 Å². The van der Waals surface area contributed by atoms with Crippen molar-refractivity contribution in [1.29, 1.82) is 0 Å². The van der Waals surface area contributed by atoms with Gasteiger partial charge < -0.3 is 0 Å². The second-order valence-electron chi connectivity index (χ2n) is 4.08. The van der Waals surface area contributed by atoms with E-state index in [9.17, 15) is 0 Å². The molecule has 2 rings (SSSR count). The van der Waals surface area contributed by atoms with Gasteiger partial charge in [-0.15, -0.1) is 0 Å². The Morgan fingerprint density at radius 2 is 1.94 bits per heavy atom. The molecule has 1 aromatic carbocycles. The van der Waals surface area contributed by atoms with Crippen molar-refractivity contribution in [3.63, 3.8) is 0 Å². The summed E-state index contributed by atoms with van der Waals surface area (Å²) >= 11 is 7.64. The molecule has 1 atom stereocenters. The third kappa shape index (κ3) is 3.23. The summed E-state index contributed by atoms with van der Waals surface area (Å²) in [6.07, 6.45) is 3.32. The Bertz CT molecular complexity index is 453. The Labute approximate surface area is 110 Å². The molecule has 0 saturated heterocycles. The molecule has 0 fully saturated rings. The molecule has 0 radical (unpaired) electrons. The van der Waals surface area contributed by atoms with Crippen LogP contribution in [0, 0.1) is 5.92 Å². The van der Waals surface area contributed by atoms with Gasteiger partial charge in [-0.05, 0) is 30.2 Å². The van der Waals surface area contributed by atoms with Crippen LogP contribution in [0.5, 0.6) is 0 Å². The van der Waals surface area contributed by atoms with E-state index in [1.165, 1.54) is 4.90 Å². The van der Waals surface area contributed by atoms with E-state index in [0.717, 1.165) is 5.02 Å². The Balaban J connectivity index is 2.16. The van der Waals surface area contributed by atoms with Gasteiger partial charge >= 0.3 is 0 Å². The SMILES string of the molecule is CC(C)C(Sc1ccc(Cl)cc1)n1cncn1.